The van der Waals surface area contributed by atoms with Crippen LogP contribution >= 0.6 is 39.1 Å². The van der Waals surface area contributed by atoms with E-state index in [1.807, 2.05) is 69.2 Å². The molecule has 36 heavy (non-hydrogen) atoms. The number of benzene rings is 3. The van der Waals surface area contributed by atoms with Crippen molar-refractivity contribution >= 4 is 61.9 Å². The molecule has 0 radical (unpaired) electrons. The molecule has 0 saturated heterocycles. The average Bonchev–Trinajstić information content (AvgIpc) is 2.84. The number of nitrogens with zero attached hydrogens (tertiary/aromatic N) is 4. The van der Waals surface area contributed by atoms with Crippen LogP contribution in [0.25, 0.3) is 10.9 Å². The summed E-state index contributed by atoms with van der Waals surface area (Å²) >= 11 is 15.6. The van der Waals surface area contributed by atoms with Crippen molar-refractivity contribution < 1.29 is 4.74 Å². The van der Waals surface area contributed by atoms with E-state index in [4.69, 9.17) is 32.9 Å². The van der Waals surface area contributed by atoms with Gasteiger partial charge in [0, 0.05) is 41.8 Å². The summed E-state index contributed by atoms with van der Waals surface area (Å²) in [6.07, 6.45) is 1.63. The van der Waals surface area contributed by atoms with Gasteiger partial charge in [-0.25, -0.2) is 4.98 Å². The molecule has 186 valence electrons. The molecule has 0 aliphatic carbocycles. The minimum Gasteiger partial charge on any atom is -0.488 e. The van der Waals surface area contributed by atoms with Crippen molar-refractivity contribution in [3.63, 3.8) is 0 Å². The van der Waals surface area contributed by atoms with Crippen molar-refractivity contribution in [2.75, 3.05) is 19.0 Å². The second-order valence-electron chi connectivity index (χ2n) is 8.80. The van der Waals surface area contributed by atoms with Crippen molar-refractivity contribution in [3.05, 3.63) is 96.4 Å². The number of anilines is 1. The van der Waals surface area contributed by atoms with E-state index in [9.17, 15) is 4.79 Å². The van der Waals surface area contributed by atoms with Crippen LogP contribution in [-0.2, 0) is 6.61 Å². The number of halogens is 3. The summed E-state index contributed by atoms with van der Waals surface area (Å²) in [6.45, 7) is 4.25. The average molecular weight is 588 g/mol. The van der Waals surface area contributed by atoms with Gasteiger partial charge in [0.25, 0.3) is 5.56 Å². The van der Waals surface area contributed by atoms with E-state index in [0.29, 0.717) is 32.5 Å². The van der Waals surface area contributed by atoms with Gasteiger partial charge in [-0.2, -0.15) is 9.78 Å². The van der Waals surface area contributed by atoms with Crippen LogP contribution in [0.2, 0.25) is 10.0 Å². The van der Waals surface area contributed by atoms with E-state index < -0.39 is 0 Å². The van der Waals surface area contributed by atoms with Gasteiger partial charge in [-0.05, 0) is 48.0 Å². The zero-order valence-corrected chi connectivity index (χ0v) is 23.4. The fraction of sp³-hybridized carbons (Fsp3) is 0.222. The molecular formula is C27H25BrCl2N4O2. The Hall–Kier alpha value is -2.87. The number of aromatic nitrogens is 2. The third-order valence-corrected chi connectivity index (χ3v) is 6.79. The predicted octanol–water partition coefficient (Wildman–Crippen LogP) is 7.12. The molecule has 0 aliphatic rings. The molecule has 4 aromatic rings. The van der Waals surface area contributed by atoms with Gasteiger partial charge in [-0.3, -0.25) is 4.79 Å². The lowest BCUT2D eigenvalue weighted by Crippen LogP contribution is -2.23. The molecule has 9 heteroatoms. The first-order valence-corrected chi connectivity index (χ1v) is 12.8. The van der Waals surface area contributed by atoms with Crippen LogP contribution in [0.15, 0.2) is 69.0 Å². The first kappa shape index (κ1) is 26.2. The third-order valence-electron chi connectivity index (χ3n) is 5.55. The molecular weight excluding hydrogens is 563 g/mol. The van der Waals surface area contributed by atoms with Gasteiger partial charge in [-0.1, -0.05) is 59.0 Å². The number of hydrogen-bond acceptors (Lipinski definition) is 5. The maximum atomic E-state index is 13.4. The van der Waals surface area contributed by atoms with E-state index in [0.717, 1.165) is 21.3 Å². The molecule has 0 atom stereocenters. The summed E-state index contributed by atoms with van der Waals surface area (Å²) in [5.41, 5.74) is 2.97. The van der Waals surface area contributed by atoms with Crippen LogP contribution in [0, 0.1) is 0 Å². The standard InChI is InChI=1S/C27H25BrCl2N4O2/c1-16(2)26-32-24-10-7-19(28)12-21(24)27(35)34(26)31-14-18-6-8-20(33(3)4)13-25(18)36-15-17-5-9-22(29)23(30)11-17/h5-14,16H,15H2,1-4H3. The van der Waals surface area contributed by atoms with Gasteiger partial charge < -0.3 is 9.64 Å². The minimum absolute atomic E-state index is 0.00983. The highest BCUT2D eigenvalue weighted by molar-refractivity contribution is 9.10. The number of hydrogen-bond donors (Lipinski definition) is 0. The summed E-state index contributed by atoms with van der Waals surface area (Å²) < 4.78 is 8.33. The van der Waals surface area contributed by atoms with Crippen LogP contribution in [0.5, 0.6) is 5.75 Å². The quantitative estimate of drug-likeness (QED) is 0.216. The minimum atomic E-state index is -0.232. The maximum Gasteiger partial charge on any atom is 0.282 e. The number of rotatable bonds is 7. The zero-order chi connectivity index (χ0) is 26.0. The molecule has 1 heterocycles. The predicted molar refractivity (Wildman–Crippen MR) is 152 cm³/mol. The topological polar surface area (TPSA) is 59.7 Å². The summed E-state index contributed by atoms with van der Waals surface area (Å²) in [7, 11) is 3.92. The van der Waals surface area contributed by atoms with Crippen molar-refractivity contribution in [2.24, 2.45) is 5.10 Å². The molecule has 1 aromatic heterocycles. The molecule has 0 N–H and O–H groups in total. The highest BCUT2D eigenvalue weighted by atomic mass is 79.9. The van der Waals surface area contributed by atoms with Crippen molar-refractivity contribution in [3.8, 4) is 5.75 Å². The maximum absolute atomic E-state index is 13.4. The molecule has 0 fully saturated rings. The zero-order valence-electron chi connectivity index (χ0n) is 20.3. The number of ether oxygens (including phenoxy) is 1. The van der Waals surface area contributed by atoms with E-state index in [2.05, 4.69) is 21.0 Å². The first-order valence-electron chi connectivity index (χ1n) is 11.3. The molecule has 3 aromatic carbocycles. The van der Waals surface area contributed by atoms with E-state index in [1.165, 1.54) is 4.68 Å². The smallest absolute Gasteiger partial charge is 0.282 e. The Kier molecular flexibility index (Phi) is 8.03. The van der Waals surface area contributed by atoms with Gasteiger partial charge in [0.15, 0.2) is 0 Å². The third kappa shape index (κ3) is 5.75. The SMILES string of the molecule is CC(C)c1nc2ccc(Br)cc2c(=O)n1N=Cc1ccc(N(C)C)cc1OCc1ccc(Cl)c(Cl)c1. The van der Waals surface area contributed by atoms with Crippen LogP contribution in [-0.4, -0.2) is 30.0 Å². The van der Waals surface area contributed by atoms with Gasteiger partial charge in [0.2, 0.25) is 0 Å². The molecule has 0 saturated carbocycles. The van der Waals surface area contributed by atoms with Crippen LogP contribution < -0.4 is 15.2 Å². The van der Waals surface area contributed by atoms with Crippen LogP contribution in [0.1, 0.15) is 36.7 Å². The van der Waals surface area contributed by atoms with E-state index >= 15 is 0 Å². The lowest BCUT2D eigenvalue weighted by Gasteiger charge is -2.16. The van der Waals surface area contributed by atoms with E-state index in [1.54, 1.807) is 24.4 Å². The molecule has 0 bridgehead atoms. The summed E-state index contributed by atoms with van der Waals surface area (Å²) in [6, 6.07) is 16.7. The second-order valence-corrected chi connectivity index (χ2v) is 10.5. The van der Waals surface area contributed by atoms with Gasteiger partial charge in [-0.15, -0.1) is 0 Å². The Morgan fingerprint density at radius 3 is 2.56 bits per heavy atom. The summed E-state index contributed by atoms with van der Waals surface area (Å²) in [4.78, 5) is 20.0. The first-order chi connectivity index (χ1) is 17.1. The fourth-order valence-corrected chi connectivity index (χ4v) is 4.28. The highest BCUT2D eigenvalue weighted by Gasteiger charge is 2.14. The van der Waals surface area contributed by atoms with Crippen molar-refractivity contribution in [1.82, 2.24) is 9.66 Å². The molecule has 0 spiro atoms. The molecule has 0 aliphatic heterocycles. The Bertz CT molecular complexity index is 1520. The second kappa shape index (κ2) is 11.0. The lowest BCUT2D eigenvalue weighted by molar-refractivity contribution is 0.306. The van der Waals surface area contributed by atoms with Crippen LogP contribution in [0.3, 0.4) is 0 Å². The van der Waals surface area contributed by atoms with Crippen molar-refractivity contribution in [1.29, 1.82) is 0 Å². The summed E-state index contributed by atoms with van der Waals surface area (Å²) in [5.74, 6) is 1.19. The van der Waals surface area contributed by atoms with Gasteiger partial charge >= 0.3 is 0 Å². The molecule has 6 nitrogen and oxygen atoms in total. The Balaban J connectivity index is 1.75. The number of fused-ring (bicyclic) bond motifs is 1. The van der Waals surface area contributed by atoms with Gasteiger partial charge in [0.05, 0.1) is 27.2 Å². The van der Waals surface area contributed by atoms with E-state index in [-0.39, 0.29) is 18.1 Å². The Morgan fingerprint density at radius 2 is 1.86 bits per heavy atom. The summed E-state index contributed by atoms with van der Waals surface area (Å²) in [5, 5.41) is 6.01. The monoisotopic (exact) mass is 586 g/mol. The normalized spacial score (nSPS) is 11.6. The fourth-order valence-electron chi connectivity index (χ4n) is 3.59. The Labute approximate surface area is 228 Å². The molecule has 0 amide bonds. The lowest BCUT2D eigenvalue weighted by atomic mass is 10.1. The highest BCUT2D eigenvalue weighted by Crippen LogP contribution is 2.27. The molecule has 0 unspecified atom stereocenters. The Morgan fingerprint density at radius 1 is 1.08 bits per heavy atom. The largest absolute Gasteiger partial charge is 0.488 e. The molecule has 4 rings (SSSR count). The van der Waals surface area contributed by atoms with Gasteiger partial charge in [0.1, 0.15) is 18.2 Å². The van der Waals surface area contributed by atoms with Crippen molar-refractivity contribution in [2.45, 2.75) is 26.4 Å². The van der Waals surface area contributed by atoms with Crippen LogP contribution in [0.4, 0.5) is 5.69 Å².